The highest BCUT2D eigenvalue weighted by molar-refractivity contribution is 7.79. The topological polar surface area (TPSA) is 37.3 Å². The summed E-state index contributed by atoms with van der Waals surface area (Å²) < 4.78 is 14.1. The average molecular weight is 354 g/mol. The van der Waals surface area contributed by atoms with Gasteiger partial charge in [-0.15, -0.1) is 0 Å². The minimum Gasteiger partial charge on any atom is -0.376 e. The molecular formula is C15H10Cl2FN3S. The monoisotopic (exact) mass is 353 g/mol. The first kappa shape index (κ1) is 15.3. The molecule has 1 aromatic carbocycles. The fourth-order valence-corrected chi connectivity index (χ4v) is 2.81. The zero-order valence-corrected chi connectivity index (χ0v) is 13.5. The number of hydrogen-bond acceptors (Lipinski definition) is 4. The lowest BCUT2D eigenvalue weighted by Crippen LogP contribution is -2.22. The van der Waals surface area contributed by atoms with Crippen LogP contribution in [0, 0.1) is 5.82 Å². The van der Waals surface area contributed by atoms with E-state index in [2.05, 4.69) is 15.3 Å². The van der Waals surface area contributed by atoms with Gasteiger partial charge in [-0.25, -0.2) is 4.39 Å². The highest BCUT2D eigenvalue weighted by Gasteiger charge is 2.25. The van der Waals surface area contributed by atoms with E-state index >= 15 is 0 Å². The predicted octanol–water partition coefficient (Wildman–Crippen LogP) is 4.16. The minimum atomic E-state index is -0.468. The van der Waals surface area contributed by atoms with Crippen molar-refractivity contribution in [3.05, 3.63) is 57.6 Å². The quantitative estimate of drug-likeness (QED) is 0.823. The van der Waals surface area contributed by atoms with Crippen LogP contribution in [0.2, 0.25) is 10.0 Å². The molecule has 1 aliphatic heterocycles. The Hall–Kier alpha value is -1.56. The maximum Gasteiger partial charge on any atom is 0.151 e. The van der Waals surface area contributed by atoms with Crippen molar-refractivity contribution in [1.29, 1.82) is 0 Å². The molecule has 0 radical (unpaired) electrons. The standard InChI is InChI=1S/C15H10Cl2FN3S/c16-9-3-4-11-12(13(9)17)15(20-6-8(7-22)21-11)14-10(18)2-1-5-19-14/h1-5,7-8,21H,6H2. The van der Waals surface area contributed by atoms with Crippen molar-refractivity contribution >= 4 is 52.2 Å². The number of pyridine rings is 1. The largest absolute Gasteiger partial charge is 0.376 e. The molecule has 0 spiro atoms. The molecule has 22 heavy (non-hydrogen) atoms. The Labute approximate surface area is 142 Å². The Bertz CT molecular complexity index is 779. The second-order valence-electron chi connectivity index (χ2n) is 4.69. The van der Waals surface area contributed by atoms with E-state index in [0.29, 0.717) is 33.6 Å². The molecule has 1 aliphatic rings. The summed E-state index contributed by atoms with van der Waals surface area (Å²) in [6.45, 7) is 0.359. The summed E-state index contributed by atoms with van der Waals surface area (Å²) in [5, 5.41) is 5.48. The SMILES string of the molecule is Fc1cccnc1C1=NCC(C=S)Nc2ccc(Cl)c(Cl)c21. The first-order valence-electron chi connectivity index (χ1n) is 6.47. The van der Waals surface area contributed by atoms with Crippen LogP contribution in [-0.2, 0) is 0 Å². The van der Waals surface area contributed by atoms with Crippen LogP contribution in [0.15, 0.2) is 35.5 Å². The van der Waals surface area contributed by atoms with E-state index in [4.69, 9.17) is 35.4 Å². The molecule has 1 N–H and O–H groups in total. The Morgan fingerprint density at radius 3 is 2.86 bits per heavy atom. The molecule has 1 aromatic heterocycles. The molecule has 2 aromatic rings. The van der Waals surface area contributed by atoms with E-state index in [-0.39, 0.29) is 11.7 Å². The lowest BCUT2D eigenvalue weighted by Gasteiger charge is -2.15. The van der Waals surface area contributed by atoms with Gasteiger partial charge in [-0.3, -0.25) is 9.98 Å². The number of fused-ring (bicyclic) bond motifs is 1. The Morgan fingerprint density at radius 1 is 1.32 bits per heavy atom. The van der Waals surface area contributed by atoms with Crippen molar-refractivity contribution in [2.45, 2.75) is 6.04 Å². The third kappa shape index (κ3) is 2.72. The summed E-state index contributed by atoms with van der Waals surface area (Å²) in [6, 6.07) is 6.15. The van der Waals surface area contributed by atoms with Gasteiger partial charge in [0, 0.05) is 22.8 Å². The fourth-order valence-electron chi connectivity index (χ4n) is 2.25. The number of thiocarbonyl (C=S) groups is 1. The zero-order chi connectivity index (χ0) is 15.7. The number of aromatic nitrogens is 1. The Morgan fingerprint density at radius 2 is 2.14 bits per heavy atom. The number of anilines is 1. The molecular weight excluding hydrogens is 344 g/mol. The Kier molecular flexibility index (Phi) is 4.38. The number of benzodiazepines with no additional fused rings is 1. The van der Waals surface area contributed by atoms with Gasteiger partial charge in [0.2, 0.25) is 0 Å². The molecule has 1 unspecified atom stereocenters. The second-order valence-corrected chi connectivity index (χ2v) is 5.75. The summed E-state index contributed by atoms with van der Waals surface area (Å²) in [6.07, 6.45) is 1.51. The number of hydrogen-bond donors (Lipinski definition) is 1. The highest BCUT2D eigenvalue weighted by Crippen LogP contribution is 2.35. The minimum absolute atomic E-state index is 0.139. The lowest BCUT2D eigenvalue weighted by molar-refractivity contribution is 0.618. The smallest absolute Gasteiger partial charge is 0.151 e. The van der Waals surface area contributed by atoms with Gasteiger partial charge in [-0.1, -0.05) is 35.4 Å². The number of nitrogens with one attached hydrogen (secondary N) is 1. The van der Waals surface area contributed by atoms with E-state index in [0.717, 1.165) is 0 Å². The van der Waals surface area contributed by atoms with Gasteiger partial charge in [0.1, 0.15) is 5.69 Å². The number of aliphatic imine (C=N–C) groups is 1. The summed E-state index contributed by atoms with van der Waals surface area (Å²) >= 11 is 17.4. The first-order chi connectivity index (χ1) is 10.6. The van der Waals surface area contributed by atoms with Crippen LogP contribution in [-0.4, -0.2) is 28.6 Å². The number of benzene rings is 1. The number of halogens is 3. The van der Waals surface area contributed by atoms with Crippen LogP contribution >= 0.6 is 35.4 Å². The summed E-state index contributed by atoms with van der Waals surface area (Å²) in [7, 11) is 0. The van der Waals surface area contributed by atoms with Gasteiger partial charge in [-0.2, -0.15) is 0 Å². The van der Waals surface area contributed by atoms with Crippen molar-refractivity contribution in [2.24, 2.45) is 4.99 Å². The second kappa shape index (κ2) is 6.28. The lowest BCUT2D eigenvalue weighted by atomic mass is 10.0. The number of nitrogens with zero attached hydrogens (tertiary/aromatic N) is 2. The molecule has 112 valence electrons. The normalized spacial score (nSPS) is 17.0. The van der Waals surface area contributed by atoms with Gasteiger partial charge < -0.3 is 5.32 Å². The van der Waals surface area contributed by atoms with Crippen molar-refractivity contribution < 1.29 is 4.39 Å². The van der Waals surface area contributed by atoms with E-state index in [1.54, 1.807) is 17.5 Å². The summed E-state index contributed by atoms with van der Waals surface area (Å²) in [4.78, 5) is 8.55. The van der Waals surface area contributed by atoms with Crippen molar-refractivity contribution in [3.63, 3.8) is 0 Å². The fraction of sp³-hybridized carbons (Fsp3) is 0.133. The van der Waals surface area contributed by atoms with Crippen LogP contribution < -0.4 is 5.32 Å². The van der Waals surface area contributed by atoms with Crippen LogP contribution in [0.25, 0.3) is 0 Å². The summed E-state index contributed by atoms with van der Waals surface area (Å²) in [5.74, 6) is -0.468. The van der Waals surface area contributed by atoms with Crippen molar-refractivity contribution in [2.75, 3.05) is 11.9 Å². The molecule has 0 saturated carbocycles. The van der Waals surface area contributed by atoms with Crippen molar-refractivity contribution in [1.82, 2.24) is 4.98 Å². The third-order valence-corrected chi connectivity index (χ3v) is 4.40. The molecule has 0 aliphatic carbocycles. The average Bonchev–Trinajstić information content (AvgIpc) is 2.71. The molecule has 3 nitrogen and oxygen atoms in total. The van der Waals surface area contributed by atoms with Gasteiger partial charge in [0.05, 0.1) is 28.3 Å². The maximum absolute atomic E-state index is 14.1. The van der Waals surface area contributed by atoms with Gasteiger partial charge in [0.25, 0.3) is 0 Å². The van der Waals surface area contributed by atoms with Crippen LogP contribution in [0.5, 0.6) is 0 Å². The number of rotatable bonds is 2. The molecule has 0 bridgehead atoms. The van der Waals surface area contributed by atoms with E-state index in [1.807, 2.05) is 0 Å². The van der Waals surface area contributed by atoms with Crippen LogP contribution in [0.4, 0.5) is 10.1 Å². The third-order valence-electron chi connectivity index (χ3n) is 3.27. The molecule has 2 heterocycles. The van der Waals surface area contributed by atoms with E-state index < -0.39 is 5.82 Å². The summed E-state index contributed by atoms with van der Waals surface area (Å²) in [5.41, 5.74) is 1.74. The molecule has 0 fully saturated rings. The highest BCUT2D eigenvalue weighted by atomic mass is 35.5. The van der Waals surface area contributed by atoms with E-state index in [9.17, 15) is 4.39 Å². The van der Waals surface area contributed by atoms with Gasteiger partial charge in [0.15, 0.2) is 5.82 Å². The van der Waals surface area contributed by atoms with Crippen LogP contribution in [0.1, 0.15) is 11.3 Å². The molecule has 0 saturated heterocycles. The molecule has 1 atom stereocenters. The predicted molar refractivity (Wildman–Crippen MR) is 92.2 cm³/mol. The molecule has 0 amide bonds. The van der Waals surface area contributed by atoms with Gasteiger partial charge in [-0.05, 0) is 24.3 Å². The molecule has 7 heteroatoms. The first-order valence-corrected chi connectivity index (χ1v) is 7.70. The maximum atomic E-state index is 14.1. The molecule has 3 rings (SSSR count). The van der Waals surface area contributed by atoms with Crippen LogP contribution in [0.3, 0.4) is 0 Å². The zero-order valence-electron chi connectivity index (χ0n) is 11.2. The Balaban J connectivity index is 2.27. The van der Waals surface area contributed by atoms with Gasteiger partial charge >= 0.3 is 0 Å². The van der Waals surface area contributed by atoms with E-state index in [1.165, 1.54) is 18.3 Å². The van der Waals surface area contributed by atoms with Crippen molar-refractivity contribution in [3.8, 4) is 0 Å².